The Bertz CT molecular complexity index is 419. The normalized spacial score (nSPS) is 23.6. The van der Waals surface area contributed by atoms with Crippen LogP contribution in [-0.4, -0.2) is 37.6 Å². The summed E-state index contributed by atoms with van der Waals surface area (Å²) in [5, 5.41) is 24.8. The number of hydrogen-bond acceptors (Lipinski definition) is 5. The Kier molecular flexibility index (Phi) is 3.85. The van der Waals surface area contributed by atoms with Gasteiger partial charge >= 0.3 is 5.97 Å². The Labute approximate surface area is 103 Å². The maximum atomic E-state index is 11.9. The fourth-order valence-electron chi connectivity index (χ4n) is 2.29. The first-order chi connectivity index (χ1) is 8.68. The summed E-state index contributed by atoms with van der Waals surface area (Å²) in [5.41, 5.74) is 0. The fraction of sp³-hybridized carbons (Fsp3) is 0.700. The molecule has 8 heteroatoms. The molecular weight excluding hydrogens is 238 g/mol. The fourth-order valence-corrected chi connectivity index (χ4v) is 2.29. The third-order valence-corrected chi connectivity index (χ3v) is 3.23. The first-order valence-corrected chi connectivity index (χ1v) is 5.91. The molecule has 98 valence electrons. The van der Waals surface area contributed by atoms with E-state index in [1.165, 1.54) is 0 Å². The lowest BCUT2D eigenvalue weighted by atomic mass is 9.79. The molecule has 2 rings (SSSR count). The first kappa shape index (κ1) is 12.5. The molecule has 0 saturated heterocycles. The van der Waals surface area contributed by atoms with Gasteiger partial charge in [0.1, 0.15) is 0 Å². The van der Waals surface area contributed by atoms with Crippen molar-refractivity contribution in [3.05, 3.63) is 5.82 Å². The number of carbonyl (C=O) groups excluding carboxylic acids is 1. The monoisotopic (exact) mass is 253 g/mol. The third kappa shape index (κ3) is 2.82. The number of nitrogens with one attached hydrogen (secondary N) is 2. The minimum Gasteiger partial charge on any atom is -0.481 e. The van der Waals surface area contributed by atoms with Gasteiger partial charge in [-0.1, -0.05) is 18.1 Å². The van der Waals surface area contributed by atoms with E-state index < -0.39 is 17.8 Å². The SMILES string of the molecule is O=C(O)C1CCCCC1C(=O)NCc1nn[nH]n1. The number of tetrazole rings is 1. The van der Waals surface area contributed by atoms with Crippen LogP contribution >= 0.6 is 0 Å². The zero-order valence-corrected chi connectivity index (χ0v) is 9.80. The number of H-pyrrole nitrogens is 1. The van der Waals surface area contributed by atoms with Crippen molar-refractivity contribution in [2.24, 2.45) is 11.8 Å². The van der Waals surface area contributed by atoms with Gasteiger partial charge in [0, 0.05) is 0 Å². The van der Waals surface area contributed by atoms with Gasteiger partial charge in [0.25, 0.3) is 0 Å². The zero-order valence-electron chi connectivity index (χ0n) is 9.80. The molecule has 1 aliphatic carbocycles. The Balaban J connectivity index is 1.92. The van der Waals surface area contributed by atoms with Crippen LogP contribution in [-0.2, 0) is 16.1 Å². The number of carbonyl (C=O) groups is 2. The van der Waals surface area contributed by atoms with Crippen molar-refractivity contribution >= 4 is 11.9 Å². The summed E-state index contributed by atoms with van der Waals surface area (Å²) in [4.78, 5) is 23.0. The van der Waals surface area contributed by atoms with E-state index in [9.17, 15) is 9.59 Å². The Hall–Kier alpha value is -1.99. The van der Waals surface area contributed by atoms with Crippen molar-refractivity contribution in [3.63, 3.8) is 0 Å². The van der Waals surface area contributed by atoms with Gasteiger partial charge in [0.15, 0.2) is 5.82 Å². The number of aromatic nitrogens is 4. The van der Waals surface area contributed by atoms with Crippen molar-refractivity contribution in [1.29, 1.82) is 0 Å². The highest BCUT2D eigenvalue weighted by atomic mass is 16.4. The quantitative estimate of drug-likeness (QED) is 0.677. The van der Waals surface area contributed by atoms with Crippen molar-refractivity contribution in [3.8, 4) is 0 Å². The summed E-state index contributed by atoms with van der Waals surface area (Å²) < 4.78 is 0. The molecule has 0 spiro atoms. The van der Waals surface area contributed by atoms with Crippen LogP contribution in [0.1, 0.15) is 31.5 Å². The Morgan fingerprint density at radius 2 is 2.06 bits per heavy atom. The summed E-state index contributed by atoms with van der Waals surface area (Å²) in [6.45, 7) is 0.165. The van der Waals surface area contributed by atoms with E-state index in [4.69, 9.17) is 5.11 Å². The molecule has 3 N–H and O–H groups in total. The average Bonchev–Trinajstić information content (AvgIpc) is 2.89. The number of rotatable bonds is 4. The number of amides is 1. The summed E-state index contributed by atoms with van der Waals surface area (Å²) in [6, 6.07) is 0. The largest absolute Gasteiger partial charge is 0.481 e. The molecule has 1 heterocycles. The molecule has 18 heavy (non-hydrogen) atoms. The second kappa shape index (κ2) is 5.56. The zero-order chi connectivity index (χ0) is 13.0. The predicted molar refractivity (Wildman–Crippen MR) is 59.1 cm³/mol. The first-order valence-electron chi connectivity index (χ1n) is 5.91. The molecule has 8 nitrogen and oxygen atoms in total. The summed E-state index contributed by atoms with van der Waals surface area (Å²) in [5.74, 6) is -1.79. The van der Waals surface area contributed by atoms with Crippen LogP contribution in [0.15, 0.2) is 0 Å². The molecule has 1 fully saturated rings. The van der Waals surface area contributed by atoms with Crippen molar-refractivity contribution in [2.45, 2.75) is 32.2 Å². The van der Waals surface area contributed by atoms with Gasteiger partial charge in [0.05, 0.1) is 18.4 Å². The Morgan fingerprint density at radius 1 is 1.33 bits per heavy atom. The third-order valence-electron chi connectivity index (χ3n) is 3.23. The molecular formula is C10H15N5O3. The minimum atomic E-state index is -0.894. The van der Waals surface area contributed by atoms with E-state index >= 15 is 0 Å². The standard InChI is InChI=1S/C10H15N5O3/c16-9(11-5-8-12-14-15-13-8)6-3-1-2-4-7(6)10(17)18/h6-7H,1-5H2,(H,11,16)(H,17,18)(H,12,13,14,15). The molecule has 1 aromatic heterocycles. The van der Waals surface area contributed by atoms with Crippen LogP contribution in [0.25, 0.3) is 0 Å². The van der Waals surface area contributed by atoms with Crippen LogP contribution in [0.3, 0.4) is 0 Å². The second-order valence-corrected chi connectivity index (χ2v) is 4.38. The molecule has 1 aliphatic rings. The van der Waals surface area contributed by atoms with E-state index in [2.05, 4.69) is 25.9 Å². The number of carboxylic acid groups (broad SMARTS) is 1. The maximum Gasteiger partial charge on any atom is 0.307 e. The van der Waals surface area contributed by atoms with Crippen LogP contribution in [0.2, 0.25) is 0 Å². The van der Waals surface area contributed by atoms with E-state index in [-0.39, 0.29) is 12.5 Å². The van der Waals surface area contributed by atoms with Gasteiger partial charge in [-0.2, -0.15) is 5.21 Å². The number of hydrogen-bond donors (Lipinski definition) is 3. The van der Waals surface area contributed by atoms with Crippen molar-refractivity contribution < 1.29 is 14.7 Å². The molecule has 2 atom stereocenters. The van der Waals surface area contributed by atoms with Gasteiger partial charge < -0.3 is 10.4 Å². The second-order valence-electron chi connectivity index (χ2n) is 4.38. The molecule has 1 amide bonds. The van der Waals surface area contributed by atoms with Crippen LogP contribution in [0, 0.1) is 11.8 Å². The van der Waals surface area contributed by atoms with Gasteiger partial charge in [-0.05, 0) is 12.8 Å². The lowest BCUT2D eigenvalue weighted by Gasteiger charge is -2.27. The molecule has 0 aromatic carbocycles. The van der Waals surface area contributed by atoms with Crippen LogP contribution in [0.5, 0.6) is 0 Å². The van der Waals surface area contributed by atoms with Crippen molar-refractivity contribution in [2.75, 3.05) is 0 Å². The number of aromatic amines is 1. The van der Waals surface area contributed by atoms with Crippen LogP contribution < -0.4 is 5.32 Å². The highest BCUT2D eigenvalue weighted by molar-refractivity contribution is 5.84. The number of nitrogens with zero attached hydrogens (tertiary/aromatic N) is 3. The Morgan fingerprint density at radius 3 is 2.67 bits per heavy atom. The lowest BCUT2D eigenvalue weighted by molar-refractivity contribution is -0.148. The smallest absolute Gasteiger partial charge is 0.307 e. The van der Waals surface area contributed by atoms with Gasteiger partial charge in [-0.15, -0.1) is 10.2 Å². The number of carboxylic acids is 1. The molecule has 2 unspecified atom stereocenters. The minimum absolute atomic E-state index is 0.165. The lowest BCUT2D eigenvalue weighted by Crippen LogP contribution is -2.39. The van der Waals surface area contributed by atoms with E-state index in [0.29, 0.717) is 18.7 Å². The average molecular weight is 253 g/mol. The summed E-state index contributed by atoms with van der Waals surface area (Å²) in [7, 11) is 0. The van der Waals surface area contributed by atoms with E-state index in [0.717, 1.165) is 12.8 Å². The maximum absolute atomic E-state index is 11.9. The van der Waals surface area contributed by atoms with Gasteiger partial charge in [-0.25, -0.2) is 0 Å². The van der Waals surface area contributed by atoms with Crippen molar-refractivity contribution in [1.82, 2.24) is 25.9 Å². The highest BCUT2D eigenvalue weighted by Crippen LogP contribution is 2.30. The molecule has 0 aliphatic heterocycles. The molecule has 0 radical (unpaired) electrons. The van der Waals surface area contributed by atoms with E-state index in [1.54, 1.807) is 0 Å². The molecule has 1 saturated carbocycles. The highest BCUT2D eigenvalue weighted by Gasteiger charge is 2.35. The van der Waals surface area contributed by atoms with E-state index in [1.807, 2.05) is 0 Å². The van der Waals surface area contributed by atoms with Crippen LogP contribution in [0.4, 0.5) is 0 Å². The van der Waals surface area contributed by atoms with Gasteiger partial charge in [0.2, 0.25) is 5.91 Å². The summed E-state index contributed by atoms with van der Waals surface area (Å²) in [6.07, 6.45) is 2.94. The number of aliphatic carboxylic acids is 1. The van der Waals surface area contributed by atoms with Gasteiger partial charge in [-0.3, -0.25) is 9.59 Å². The molecule has 1 aromatic rings. The topological polar surface area (TPSA) is 121 Å². The molecule has 0 bridgehead atoms. The summed E-state index contributed by atoms with van der Waals surface area (Å²) >= 11 is 0. The predicted octanol–water partition coefficient (Wildman–Crippen LogP) is -0.293.